The molecule has 1 amide bonds. The lowest BCUT2D eigenvalue weighted by Crippen LogP contribution is -2.46. The molecule has 1 rings (SSSR count). The highest BCUT2D eigenvalue weighted by atomic mass is 16.6. The van der Waals surface area contributed by atoms with Gasteiger partial charge in [0.05, 0.1) is 6.61 Å². The maximum atomic E-state index is 12.3. The quantitative estimate of drug-likeness (QED) is 0.611. The number of amides is 1. The van der Waals surface area contributed by atoms with Gasteiger partial charge >= 0.3 is 12.1 Å². The highest BCUT2D eigenvalue weighted by molar-refractivity contribution is 5.78. The van der Waals surface area contributed by atoms with E-state index in [1.807, 2.05) is 30.3 Å². The number of benzene rings is 1. The summed E-state index contributed by atoms with van der Waals surface area (Å²) in [6.07, 6.45) is -1.01. The molecule has 0 saturated heterocycles. The largest absolute Gasteiger partial charge is 0.465 e. The van der Waals surface area contributed by atoms with Crippen molar-refractivity contribution in [3.63, 3.8) is 0 Å². The number of hydrogen-bond donors (Lipinski definition) is 1. The van der Waals surface area contributed by atoms with Crippen molar-refractivity contribution < 1.29 is 24.2 Å². The third-order valence-corrected chi connectivity index (χ3v) is 3.13. The number of aryl methyl sites for hydroxylation is 1. The van der Waals surface area contributed by atoms with Gasteiger partial charge in [0, 0.05) is 0 Å². The Morgan fingerprint density at radius 1 is 1.21 bits per heavy atom. The molecule has 0 heterocycles. The lowest BCUT2D eigenvalue weighted by Gasteiger charge is -2.30. The molecule has 134 valence electrons. The Kier molecular flexibility index (Phi) is 7.71. The Balaban J connectivity index is 2.74. The normalized spacial score (nSPS) is 12.4. The van der Waals surface area contributed by atoms with Crippen LogP contribution < -0.4 is 0 Å². The molecule has 6 heteroatoms. The third-order valence-electron chi connectivity index (χ3n) is 3.13. The maximum Gasteiger partial charge on any atom is 0.412 e. The second kappa shape index (κ2) is 9.27. The summed E-state index contributed by atoms with van der Waals surface area (Å²) in [4.78, 5) is 25.0. The van der Waals surface area contributed by atoms with E-state index in [1.54, 1.807) is 27.7 Å². The monoisotopic (exact) mass is 337 g/mol. The molecule has 0 spiro atoms. The Labute approximate surface area is 143 Å². The Bertz CT molecular complexity index is 524. The molecular formula is C18H27NO5. The van der Waals surface area contributed by atoms with Crippen LogP contribution in [0.4, 0.5) is 4.79 Å². The van der Waals surface area contributed by atoms with Crippen LogP contribution in [0.25, 0.3) is 0 Å². The number of aliphatic hydroxyl groups is 1. The van der Waals surface area contributed by atoms with Gasteiger partial charge in [-0.1, -0.05) is 30.3 Å². The van der Waals surface area contributed by atoms with Crippen LogP contribution in [0, 0.1) is 0 Å². The molecule has 0 aromatic heterocycles. The minimum atomic E-state index is -1.13. The van der Waals surface area contributed by atoms with Crippen molar-refractivity contribution in [1.29, 1.82) is 0 Å². The molecule has 0 radical (unpaired) electrons. The smallest absolute Gasteiger partial charge is 0.412 e. The average molecular weight is 337 g/mol. The first kappa shape index (κ1) is 20.0. The van der Waals surface area contributed by atoms with Crippen molar-refractivity contribution in [2.75, 3.05) is 13.2 Å². The van der Waals surface area contributed by atoms with Gasteiger partial charge in [-0.05, 0) is 46.1 Å². The summed E-state index contributed by atoms with van der Waals surface area (Å²) in [5.74, 6) is -0.581. The van der Waals surface area contributed by atoms with Crippen LogP contribution in [0.2, 0.25) is 0 Å². The predicted molar refractivity (Wildman–Crippen MR) is 90.3 cm³/mol. The minimum absolute atomic E-state index is 0.209. The molecule has 1 unspecified atom stereocenters. The Morgan fingerprint density at radius 3 is 2.38 bits per heavy atom. The zero-order valence-electron chi connectivity index (χ0n) is 14.8. The second-order valence-electron chi connectivity index (χ2n) is 6.42. The van der Waals surface area contributed by atoms with Crippen molar-refractivity contribution in [2.24, 2.45) is 0 Å². The first-order valence-electron chi connectivity index (χ1n) is 8.10. The number of nitrogens with zero attached hydrogens (tertiary/aromatic N) is 1. The fourth-order valence-electron chi connectivity index (χ4n) is 2.05. The summed E-state index contributed by atoms with van der Waals surface area (Å²) < 4.78 is 10.1. The van der Waals surface area contributed by atoms with E-state index in [0.29, 0.717) is 12.8 Å². The van der Waals surface area contributed by atoms with Crippen LogP contribution in [-0.2, 0) is 20.7 Å². The fraction of sp³-hybridized carbons (Fsp3) is 0.556. The van der Waals surface area contributed by atoms with Crippen molar-refractivity contribution >= 4 is 12.1 Å². The molecule has 0 saturated carbocycles. The first-order chi connectivity index (χ1) is 11.2. The summed E-state index contributed by atoms with van der Waals surface area (Å²) in [5, 5.41) is 10.4. The van der Waals surface area contributed by atoms with Gasteiger partial charge in [0.2, 0.25) is 0 Å². The van der Waals surface area contributed by atoms with Crippen LogP contribution in [0.15, 0.2) is 30.3 Å². The van der Waals surface area contributed by atoms with E-state index in [0.717, 1.165) is 10.5 Å². The highest BCUT2D eigenvalue weighted by Crippen LogP contribution is 2.14. The zero-order valence-corrected chi connectivity index (χ0v) is 14.8. The highest BCUT2D eigenvalue weighted by Gasteiger charge is 2.29. The molecule has 0 aliphatic rings. The molecule has 24 heavy (non-hydrogen) atoms. The van der Waals surface area contributed by atoms with Gasteiger partial charge in [-0.2, -0.15) is 0 Å². The van der Waals surface area contributed by atoms with Crippen LogP contribution >= 0.6 is 0 Å². The van der Waals surface area contributed by atoms with E-state index in [4.69, 9.17) is 9.47 Å². The number of rotatable bonds is 7. The summed E-state index contributed by atoms with van der Waals surface area (Å²) in [5.41, 5.74) is 0.320. The molecule has 6 nitrogen and oxygen atoms in total. The van der Waals surface area contributed by atoms with Gasteiger partial charge in [0.25, 0.3) is 0 Å². The van der Waals surface area contributed by atoms with Crippen LogP contribution in [-0.4, -0.2) is 47.0 Å². The van der Waals surface area contributed by atoms with E-state index in [-0.39, 0.29) is 13.2 Å². The minimum Gasteiger partial charge on any atom is -0.465 e. The molecule has 1 aromatic rings. The summed E-state index contributed by atoms with van der Waals surface area (Å²) in [6, 6.07) is 9.61. The topological polar surface area (TPSA) is 76.1 Å². The molecule has 0 fully saturated rings. The molecule has 0 aliphatic carbocycles. The molecule has 1 N–H and O–H groups in total. The molecule has 0 bridgehead atoms. The number of esters is 1. The lowest BCUT2D eigenvalue weighted by molar-refractivity contribution is -0.147. The summed E-state index contributed by atoms with van der Waals surface area (Å²) >= 11 is 0. The molecular weight excluding hydrogens is 310 g/mol. The van der Waals surface area contributed by atoms with Gasteiger partial charge in [-0.25, -0.2) is 4.79 Å². The van der Waals surface area contributed by atoms with Crippen molar-refractivity contribution in [2.45, 2.75) is 52.4 Å². The van der Waals surface area contributed by atoms with E-state index in [2.05, 4.69) is 0 Å². The number of aliphatic hydroxyl groups excluding tert-OH is 1. The average Bonchev–Trinajstić information content (AvgIpc) is 2.50. The van der Waals surface area contributed by atoms with E-state index >= 15 is 0 Å². The second-order valence-corrected chi connectivity index (χ2v) is 6.42. The van der Waals surface area contributed by atoms with Crippen molar-refractivity contribution in [3.05, 3.63) is 35.9 Å². The summed E-state index contributed by atoms with van der Waals surface area (Å²) in [7, 11) is 0. The predicted octanol–water partition coefficient (Wildman–Crippen LogP) is 2.74. The molecule has 1 aromatic carbocycles. The number of ether oxygens (including phenoxy) is 2. The first-order valence-corrected chi connectivity index (χ1v) is 8.10. The fourth-order valence-corrected chi connectivity index (χ4v) is 2.05. The SMILES string of the molecule is CCOC(=O)CN(C(=O)OC(C)(C)C)C(O)CCc1ccccc1. The Hall–Kier alpha value is -2.08. The van der Waals surface area contributed by atoms with Crippen LogP contribution in [0.1, 0.15) is 39.7 Å². The van der Waals surface area contributed by atoms with E-state index < -0.39 is 23.9 Å². The summed E-state index contributed by atoms with van der Waals surface area (Å²) in [6.45, 7) is 6.72. The van der Waals surface area contributed by atoms with Crippen LogP contribution in [0.3, 0.4) is 0 Å². The zero-order chi connectivity index (χ0) is 18.2. The van der Waals surface area contributed by atoms with Crippen molar-refractivity contribution in [1.82, 2.24) is 4.90 Å². The van der Waals surface area contributed by atoms with Crippen LogP contribution in [0.5, 0.6) is 0 Å². The number of carbonyl (C=O) groups excluding carboxylic acids is 2. The van der Waals surface area contributed by atoms with Gasteiger partial charge in [0.15, 0.2) is 0 Å². The van der Waals surface area contributed by atoms with E-state index in [9.17, 15) is 14.7 Å². The van der Waals surface area contributed by atoms with Gasteiger partial charge in [0.1, 0.15) is 18.4 Å². The van der Waals surface area contributed by atoms with Gasteiger partial charge in [-0.3, -0.25) is 9.69 Å². The molecule has 0 aliphatic heterocycles. The number of hydrogen-bond acceptors (Lipinski definition) is 5. The lowest BCUT2D eigenvalue weighted by atomic mass is 10.1. The molecule has 1 atom stereocenters. The Morgan fingerprint density at radius 2 is 1.83 bits per heavy atom. The van der Waals surface area contributed by atoms with Gasteiger partial charge < -0.3 is 14.6 Å². The standard InChI is InChI=1S/C18H27NO5/c1-5-23-16(21)13-19(17(22)24-18(2,3)4)15(20)12-11-14-9-7-6-8-10-14/h6-10,15,20H,5,11-13H2,1-4H3. The maximum absolute atomic E-state index is 12.3. The van der Waals surface area contributed by atoms with Gasteiger partial charge in [-0.15, -0.1) is 0 Å². The number of carbonyl (C=O) groups is 2. The van der Waals surface area contributed by atoms with E-state index in [1.165, 1.54) is 0 Å². The van der Waals surface area contributed by atoms with Crippen molar-refractivity contribution in [3.8, 4) is 0 Å². The third kappa shape index (κ3) is 7.46.